The molecule has 0 saturated carbocycles. The van der Waals surface area contributed by atoms with Crippen LogP contribution in [0.3, 0.4) is 0 Å². The van der Waals surface area contributed by atoms with Gasteiger partial charge >= 0.3 is 5.97 Å². The van der Waals surface area contributed by atoms with Crippen molar-refractivity contribution in [1.82, 2.24) is 14.5 Å². The van der Waals surface area contributed by atoms with Crippen molar-refractivity contribution in [2.75, 3.05) is 0 Å². The summed E-state index contributed by atoms with van der Waals surface area (Å²) in [7, 11) is 0. The summed E-state index contributed by atoms with van der Waals surface area (Å²) in [6, 6.07) is 18.5. The lowest BCUT2D eigenvalue weighted by Gasteiger charge is -2.07. The van der Waals surface area contributed by atoms with E-state index in [1.807, 2.05) is 23.6 Å². The van der Waals surface area contributed by atoms with Crippen molar-refractivity contribution in [2.45, 2.75) is 13.0 Å². The monoisotopic (exact) mass is 475 g/mol. The number of fused-ring (bicyclic) bond motifs is 1. The summed E-state index contributed by atoms with van der Waals surface area (Å²) in [5.41, 5.74) is 2.89. The van der Waals surface area contributed by atoms with Crippen LogP contribution in [0.2, 0.25) is 5.02 Å². The van der Waals surface area contributed by atoms with Gasteiger partial charge in [-0.05, 0) is 35.9 Å². The van der Waals surface area contributed by atoms with E-state index in [0.717, 1.165) is 16.3 Å². The Morgan fingerprint density at radius 1 is 1.12 bits per heavy atom. The number of thiazole rings is 1. The van der Waals surface area contributed by atoms with E-state index in [0.29, 0.717) is 27.9 Å². The first-order chi connectivity index (χ1) is 16.0. The van der Waals surface area contributed by atoms with Crippen LogP contribution in [0.25, 0.3) is 22.0 Å². The lowest BCUT2D eigenvalue weighted by Crippen LogP contribution is -2.13. The van der Waals surface area contributed by atoms with E-state index in [9.17, 15) is 14.7 Å². The van der Waals surface area contributed by atoms with Crippen molar-refractivity contribution in [1.29, 1.82) is 0 Å². The first-order valence-electron chi connectivity index (χ1n) is 10.2. The normalized spacial score (nSPS) is 11.2. The molecule has 2 aromatic carbocycles. The number of nitrogens with one attached hydrogen (secondary N) is 1. The highest BCUT2D eigenvalue weighted by molar-refractivity contribution is 7.09. The molecule has 0 unspecified atom stereocenters. The Morgan fingerprint density at radius 2 is 1.94 bits per heavy atom. The number of nitrogens with zero attached hydrogens (tertiary/aromatic N) is 2. The van der Waals surface area contributed by atoms with Crippen LogP contribution in [0, 0.1) is 0 Å². The van der Waals surface area contributed by atoms with Gasteiger partial charge in [-0.3, -0.25) is 4.79 Å². The fourth-order valence-corrected chi connectivity index (χ4v) is 5.03. The zero-order chi connectivity index (χ0) is 22.9. The van der Waals surface area contributed by atoms with Gasteiger partial charge in [-0.15, -0.1) is 11.3 Å². The van der Waals surface area contributed by atoms with Crippen LogP contribution in [0.4, 0.5) is 0 Å². The number of carboxylic acids is 1. The number of benzene rings is 2. The van der Waals surface area contributed by atoms with Gasteiger partial charge < -0.3 is 14.7 Å². The van der Waals surface area contributed by atoms with Gasteiger partial charge in [-0.2, -0.15) is 0 Å². The molecule has 8 heteroatoms. The lowest BCUT2D eigenvalue weighted by molar-refractivity contribution is 0.0687. The zero-order valence-corrected chi connectivity index (χ0v) is 18.9. The summed E-state index contributed by atoms with van der Waals surface area (Å²) in [5, 5.41) is 14.1. The summed E-state index contributed by atoms with van der Waals surface area (Å²) < 4.78 is 1.69. The van der Waals surface area contributed by atoms with Gasteiger partial charge in [-0.25, -0.2) is 9.78 Å². The third kappa shape index (κ3) is 4.08. The molecule has 0 aliphatic rings. The van der Waals surface area contributed by atoms with Crippen molar-refractivity contribution >= 4 is 39.8 Å². The second kappa shape index (κ2) is 8.69. The number of hydrogen-bond donors (Lipinski definition) is 2. The van der Waals surface area contributed by atoms with E-state index in [1.54, 1.807) is 46.2 Å². The minimum Gasteiger partial charge on any atom is -0.477 e. The number of carboxylic acid groups (broad SMARTS) is 1. The second-order valence-electron chi connectivity index (χ2n) is 7.58. The molecule has 33 heavy (non-hydrogen) atoms. The number of hydrogen-bond acceptors (Lipinski definition) is 4. The largest absolute Gasteiger partial charge is 0.477 e. The second-order valence-corrected chi connectivity index (χ2v) is 8.96. The Hall–Kier alpha value is -3.68. The van der Waals surface area contributed by atoms with Crippen molar-refractivity contribution in [3.8, 4) is 11.1 Å². The Bertz CT molecular complexity index is 1540. The molecular weight excluding hydrogens is 458 g/mol. The molecule has 3 aromatic heterocycles. The van der Waals surface area contributed by atoms with Crippen LogP contribution in [-0.2, 0) is 13.0 Å². The maximum atomic E-state index is 12.6. The van der Waals surface area contributed by atoms with Crippen molar-refractivity contribution in [3.05, 3.63) is 110 Å². The van der Waals surface area contributed by atoms with Crippen LogP contribution in [0.5, 0.6) is 0 Å². The minimum absolute atomic E-state index is 0.0292. The fourth-order valence-electron chi connectivity index (χ4n) is 4.04. The fraction of sp³-hybridized carbons (Fsp3) is 0.0800. The van der Waals surface area contributed by atoms with E-state index < -0.39 is 5.97 Å². The first kappa shape index (κ1) is 21.2. The molecule has 5 rings (SSSR count). The molecule has 0 bridgehead atoms. The smallest absolute Gasteiger partial charge is 0.353 e. The summed E-state index contributed by atoms with van der Waals surface area (Å²) >= 11 is 7.79. The molecule has 6 nitrogen and oxygen atoms in total. The average molecular weight is 476 g/mol. The quantitative estimate of drug-likeness (QED) is 0.342. The summed E-state index contributed by atoms with van der Waals surface area (Å²) in [6.07, 6.45) is 2.23. The Kier molecular flexibility index (Phi) is 5.58. The zero-order valence-electron chi connectivity index (χ0n) is 17.3. The van der Waals surface area contributed by atoms with Crippen LogP contribution in [0.15, 0.2) is 77.0 Å². The van der Waals surface area contributed by atoms with Gasteiger partial charge in [0.25, 0.3) is 5.56 Å². The molecule has 2 N–H and O–H groups in total. The molecule has 0 fully saturated rings. The third-order valence-corrected chi connectivity index (χ3v) is 6.57. The SMILES string of the molecule is O=C(O)c1c(-c2ccc[nH]c2=O)c2cc(Cl)ccc2n1Cc1csc(Cc2ccccc2)n1. The highest BCUT2D eigenvalue weighted by Crippen LogP contribution is 2.36. The van der Waals surface area contributed by atoms with Crippen LogP contribution >= 0.6 is 22.9 Å². The molecule has 164 valence electrons. The predicted molar refractivity (Wildman–Crippen MR) is 130 cm³/mol. The van der Waals surface area contributed by atoms with E-state index in [-0.39, 0.29) is 23.4 Å². The number of halogens is 1. The van der Waals surface area contributed by atoms with Gasteiger partial charge in [0.1, 0.15) is 5.69 Å². The molecule has 5 aromatic rings. The standard InChI is InChI=1S/C25H18ClN3O3S/c26-16-8-9-20-19(12-16)22(18-7-4-10-27-24(18)30)23(25(31)32)29(20)13-17-14-33-21(28-17)11-15-5-2-1-3-6-15/h1-10,12,14H,11,13H2,(H,27,30)(H,31,32). The number of aromatic carboxylic acids is 1. The molecular formula is C25H18ClN3O3S. The van der Waals surface area contributed by atoms with Crippen LogP contribution < -0.4 is 5.56 Å². The highest BCUT2D eigenvalue weighted by Gasteiger charge is 2.25. The van der Waals surface area contributed by atoms with E-state index in [2.05, 4.69) is 17.1 Å². The topological polar surface area (TPSA) is 88.0 Å². The van der Waals surface area contributed by atoms with E-state index in [4.69, 9.17) is 16.6 Å². The maximum absolute atomic E-state index is 12.6. The summed E-state index contributed by atoms with van der Waals surface area (Å²) in [6.45, 7) is 0.260. The lowest BCUT2D eigenvalue weighted by atomic mass is 10.0. The molecule has 0 amide bonds. The first-order valence-corrected chi connectivity index (χ1v) is 11.5. The van der Waals surface area contributed by atoms with Crippen molar-refractivity contribution in [3.63, 3.8) is 0 Å². The number of pyridine rings is 1. The van der Waals surface area contributed by atoms with Crippen molar-refractivity contribution < 1.29 is 9.90 Å². The number of aromatic nitrogens is 3. The number of aromatic amines is 1. The third-order valence-electron chi connectivity index (χ3n) is 5.43. The Morgan fingerprint density at radius 3 is 2.70 bits per heavy atom. The molecule has 0 atom stereocenters. The van der Waals surface area contributed by atoms with Gasteiger partial charge in [0.2, 0.25) is 0 Å². The Balaban J connectivity index is 1.63. The summed E-state index contributed by atoms with van der Waals surface area (Å²) in [4.78, 5) is 32.4. The number of H-pyrrole nitrogens is 1. The van der Waals surface area contributed by atoms with Crippen LogP contribution in [-0.4, -0.2) is 25.6 Å². The minimum atomic E-state index is -1.12. The molecule has 0 saturated heterocycles. The molecule has 0 aliphatic carbocycles. The number of rotatable bonds is 6. The van der Waals surface area contributed by atoms with Crippen molar-refractivity contribution in [2.24, 2.45) is 0 Å². The van der Waals surface area contributed by atoms with Gasteiger partial charge in [0.15, 0.2) is 0 Å². The Labute approximate surface area is 197 Å². The van der Waals surface area contributed by atoms with Crippen LogP contribution in [0.1, 0.15) is 26.8 Å². The predicted octanol–water partition coefficient (Wildman–Crippen LogP) is 5.44. The highest BCUT2D eigenvalue weighted by atomic mass is 35.5. The van der Waals surface area contributed by atoms with Gasteiger partial charge in [-0.1, -0.05) is 41.9 Å². The maximum Gasteiger partial charge on any atom is 0.353 e. The van der Waals surface area contributed by atoms with E-state index >= 15 is 0 Å². The number of carbonyl (C=O) groups is 1. The summed E-state index contributed by atoms with van der Waals surface area (Å²) in [5.74, 6) is -1.12. The molecule has 3 heterocycles. The van der Waals surface area contributed by atoms with E-state index in [1.165, 1.54) is 6.20 Å². The molecule has 0 radical (unpaired) electrons. The van der Waals surface area contributed by atoms with Gasteiger partial charge in [0, 0.05) is 45.1 Å². The molecule has 0 spiro atoms. The average Bonchev–Trinajstić information content (AvgIpc) is 3.37. The van der Waals surface area contributed by atoms with Gasteiger partial charge in [0.05, 0.1) is 17.2 Å². The molecule has 0 aliphatic heterocycles.